The molecule has 0 unspecified atom stereocenters. The predicted molar refractivity (Wildman–Crippen MR) is 110 cm³/mol. The Labute approximate surface area is 168 Å². The van der Waals surface area contributed by atoms with Crippen LogP contribution in [0.25, 0.3) is 0 Å². The topological polar surface area (TPSA) is 52.9 Å². The summed E-state index contributed by atoms with van der Waals surface area (Å²) in [6.07, 6.45) is 2.95. The van der Waals surface area contributed by atoms with E-state index in [0.29, 0.717) is 16.5 Å². The molecule has 1 aliphatic rings. The zero-order valence-electron chi connectivity index (χ0n) is 15.8. The first kappa shape index (κ1) is 19.9. The number of carbonyl (C=O) groups excluding carboxylic acids is 1. The molecule has 0 saturated carbocycles. The fourth-order valence-corrected chi connectivity index (χ4v) is 5.37. The number of halogens is 1. The highest BCUT2D eigenvalue weighted by atomic mass is 32.2. The van der Waals surface area contributed by atoms with Crippen molar-refractivity contribution in [2.24, 2.45) is 11.3 Å². The molecule has 142 valence electrons. The summed E-state index contributed by atoms with van der Waals surface area (Å²) in [6.45, 7) is 6.78. The Morgan fingerprint density at radius 1 is 1.37 bits per heavy atom. The predicted octanol–water partition coefficient (Wildman–Crippen LogP) is 5.64. The Balaban J connectivity index is 1.68. The highest BCUT2D eigenvalue weighted by molar-refractivity contribution is 8.00. The number of amides is 1. The van der Waals surface area contributed by atoms with Crippen molar-refractivity contribution >= 4 is 34.0 Å². The minimum absolute atomic E-state index is 0.146. The maximum atomic E-state index is 13.0. The molecule has 1 aromatic heterocycles. The van der Waals surface area contributed by atoms with Crippen molar-refractivity contribution in [1.82, 2.24) is 0 Å². The Morgan fingerprint density at radius 2 is 2.07 bits per heavy atom. The van der Waals surface area contributed by atoms with Gasteiger partial charge in [-0.25, -0.2) is 4.39 Å². The summed E-state index contributed by atoms with van der Waals surface area (Å²) >= 11 is 2.90. The van der Waals surface area contributed by atoms with E-state index in [-0.39, 0.29) is 22.9 Å². The van der Waals surface area contributed by atoms with Crippen LogP contribution in [-0.4, -0.2) is 11.7 Å². The van der Waals surface area contributed by atoms with E-state index in [1.165, 1.54) is 28.8 Å². The fourth-order valence-electron chi connectivity index (χ4n) is 3.37. The van der Waals surface area contributed by atoms with Gasteiger partial charge in [0.25, 0.3) is 0 Å². The smallest absolute Gasteiger partial charge is 0.235 e. The molecule has 0 spiro atoms. The molecule has 1 heterocycles. The molecule has 2 aromatic rings. The molecule has 6 heteroatoms. The third-order valence-corrected chi connectivity index (χ3v) is 7.22. The van der Waals surface area contributed by atoms with Gasteiger partial charge in [0.1, 0.15) is 16.9 Å². The number of nitriles is 1. The maximum absolute atomic E-state index is 13.0. The SMILES string of the molecule is CC(C)(C)[C@H]1CCc2c(sc(NC(=O)CSc3ccc(F)cc3)c2C#N)C1. The largest absolute Gasteiger partial charge is 0.316 e. The first-order valence-corrected chi connectivity index (χ1v) is 10.8. The van der Waals surface area contributed by atoms with Gasteiger partial charge in [-0.3, -0.25) is 4.79 Å². The molecular weight excluding hydrogens is 379 g/mol. The van der Waals surface area contributed by atoms with Crippen LogP contribution in [0.4, 0.5) is 9.39 Å². The number of nitrogens with zero attached hydrogens (tertiary/aromatic N) is 1. The van der Waals surface area contributed by atoms with E-state index in [2.05, 4.69) is 32.2 Å². The van der Waals surface area contributed by atoms with Crippen LogP contribution in [0, 0.1) is 28.5 Å². The van der Waals surface area contributed by atoms with Crippen LogP contribution in [0.1, 0.15) is 43.2 Å². The molecule has 1 aromatic carbocycles. The number of thioether (sulfide) groups is 1. The summed E-state index contributed by atoms with van der Waals surface area (Å²) in [7, 11) is 0. The number of nitrogens with one attached hydrogen (secondary N) is 1. The van der Waals surface area contributed by atoms with Gasteiger partial charge in [-0.1, -0.05) is 20.8 Å². The van der Waals surface area contributed by atoms with Crippen LogP contribution in [-0.2, 0) is 17.6 Å². The molecule has 0 aliphatic heterocycles. The highest BCUT2D eigenvalue weighted by Crippen LogP contribution is 2.44. The minimum atomic E-state index is -0.291. The molecular formula is C21H23FN2OS2. The van der Waals surface area contributed by atoms with E-state index in [1.54, 1.807) is 23.5 Å². The summed E-state index contributed by atoms with van der Waals surface area (Å²) in [5.74, 6) is 0.378. The average molecular weight is 403 g/mol. The van der Waals surface area contributed by atoms with Gasteiger partial charge in [-0.15, -0.1) is 23.1 Å². The van der Waals surface area contributed by atoms with Gasteiger partial charge >= 0.3 is 0 Å². The summed E-state index contributed by atoms with van der Waals surface area (Å²) in [4.78, 5) is 14.4. The van der Waals surface area contributed by atoms with Crippen LogP contribution in [0.2, 0.25) is 0 Å². The summed E-state index contributed by atoms with van der Waals surface area (Å²) in [5.41, 5.74) is 1.98. The fraction of sp³-hybridized carbons (Fsp3) is 0.429. The van der Waals surface area contributed by atoms with Crippen LogP contribution < -0.4 is 5.32 Å². The van der Waals surface area contributed by atoms with Crippen LogP contribution >= 0.6 is 23.1 Å². The Hall–Kier alpha value is -1.84. The van der Waals surface area contributed by atoms with E-state index in [9.17, 15) is 14.4 Å². The highest BCUT2D eigenvalue weighted by Gasteiger charge is 2.32. The number of carbonyl (C=O) groups is 1. The van der Waals surface area contributed by atoms with E-state index < -0.39 is 0 Å². The lowest BCUT2D eigenvalue weighted by atomic mass is 9.72. The van der Waals surface area contributed by atoms with Crippen LogP contribution in [0.3, 0.4) is 0 Å². The van der Waals surface area contributed by atoms with Crippen LogP contribution in [0.5, 0.6) is 0 Å². The number of anilines is 1. The molecule has 3 nitrogen and oxygen atoms in total. The van der Waals surface area contributed by atoms with Gasteiger partial charge in [0.05, 0.1) is 11.3 Å². The Morgan fingerprint density at radius 3 is 2.70 bits per heavy atom. The summed E-state index contributed by atoms with van der Waals surface area (Å²) in [5, 5.41) is 13.2. The lowest BCUT2D eigenvalue weighted by molar-refractivity contribution is -0.113. The number of rotatable bonds is 4. The standard InChI is InChI=1S/C21H23FN2OS2/c1-21(2,3)13-4-9-16-17(11-23)20(27-18(16)10-13)24-19(25)12-26-15-7-5-14(22)6-8-15/h5-8,13H,4,9-10,12H2,1-3H3,(H,24,25)/t13-/m0/s1. The van der Waals surface area contributed by atoms with Crippen molar-refractivity contribution in [3.63, 3.8) is 0 Å². The van der Waals surface area contributed by atoms with Crippen molar-refractivity contribution in [2.45, 2.75) is 44.9 Å². The first-order valence-electron chi connectivity index (χ1n) is 9.00. The average Bonchev–Trinajstić information content (AvgIpc) is 2.96. The molecule has 1 amide bonds. The monoisotopic (exact) mass is 402 g/mol. The third-order valence-electron chi connectivity index (χ3n) is 5.04. The number of hydrogen-bond acceptors (Lipinski definition) is 4. The van der Waals surface area contributed by atoms with E-state index in [4.69, 9.17) is 0 Å². The van der Waals surface area contributed by atoms with Gasteiger partial charge in [0.15, 0.2) is 0 Å². The zero-order chi connectivity index (χ0) is 19.6. The number of thiophene rings is 1. The van der Waals surface area contributed by atoms with Crippen LogP contribution in [0.15, 0.2) is 29.2 Å². The minimum Gasteiger partial charge on any atom is -0.316 e. The van der Waals surface area contributed by atoms with E-state index >= 15 is 0 Å². The van der Waals surface area contributed by atoms with E-state index in [0.717, 1.165) is 29.7 Å². The van der Waals surface area contributed by atoms with Crippen molar-refractivity contribution in [2.75, 3.05) is 11.1 Å². The normalized spacial score (nSPS) is 16.5. The zero-order valence-corrected chi connectivity index (χ0v) is 17.4. The molecule has 1 atom stereocenters. The van der Waals surface area contributed by atoms with Crippen molar-refractivity contribution in [1.29, 1.82) is 5.26 Å². The van der Waals surface area contributed by atoms with Crippen molar-refractivity contribution in [3.8, 4) is 6.07 Å². The van der Waals surface area contributed by atoms with Gasteiger partial charge in [0, 0.05) is 9.77 Å². The lowest BCUT2D eigenvalue weighted by Gasteiger charge is -2.33. The maximum Gasteiger partial charge on any atom is 0.235 e. The summed E-state index contributed by atoms with van der Waals surface area (Å²) < 4.78 is 13.0. The molecule has 3 rings (SSSR count). The summed E-state index contributed by atoms with van der Waals surface area (Å²) in [6, 6.07) is 8.37. The number of benzene rings is 1. The second kappa shape index (κ2) is 8.04. The van der Waals surface area contributed by atoms with Gasteiger partial charge in [-0.2, -0.15) is 5.26 Å². The molecule has 27 heavy (non-hydrogen) atoms. The van der Waals surface area contributed by atoms with Crippen molar-refractivity contribution < 1.29 is 9.18 Å². The lowest BCUT2D eigenvalue weighted by Crippen LogP contribution is -2.26. The molecule has 1 N–H and O–H groups in total. The molecule has 0 saturated heterocycles. The molecule has 0 bridgehead atoms. The molecule has 1 aliphatic carbocycles. The molecule has 0 fully saturated rings. The number of hydrogen-bond donors (Lipinski definition) is 1. The Bertz CT molecular complexity index is 875. The Kier molecular flexibility index (Phi) is 5.92. The second-order valence-electron chi connectivity index (χ2n) is 7.92. The van der Waals surface area contributed by atoms with Gasteiger partial charge < -0.3 is 5.32 Å². The number of fused-ring (bicyclic) bond motifs is 1. The van der Waals surface area contributed by atoms with Gasteiger partial charge in [-0.05, 0) is 60.4 Å². The van der Waals surface area contributed by atoms with Gasteiger partial charge in [0.2, 0.25) is 5.91 Å². The second-order valence-corrected chi connectivity index (χ2v) is 10.1. The quantitative estimate of drug-likeness (QED) is 0.673. The van der Waals surface area contributed by atoms with Crippen molar-refractivity contribution in [3.05, 3.63) is 46.1 Å². The third kappa shape index (κ3) is 4.72. The first-order chi connectivity index (χ1) is 12.8. The van der Waals surface area contributed by atoms with E-state index in [1.807, 2.05) is 0 Å². The molecule has 0 radical (unpaired) electrons.